The molecule has 1 atom stereocenters. The number of esters is 1. The summed E-state index contributed by atoms with van der Waals surface area (Å²) < 4.78 is 4.86. The summed E-state index contributed by atoms with van der Waals surface area (Å²) in [5, 5.41) is 14.1. The highest BCUT2D eigenvalue weighted by Crippen LogP contribution is 2.22. The molecular weight excluding hydrogens is 348 g/mol. The normalized spacial score (nSPS) is 11.4. The van der Waals surface area contributed by atoms with Crippen molar-refractivity contribution < 1.29 is 19.2 Å². The van der Waals surface area contributed by atoms with Gasteiger partial charge in [-0.05, 0) is 24.6 Å². The average molecular weight is 363 g/mol. The Morgan fingerprint density at radius 3 is 2.52 bits per heavy atom. The van der Waals surface area contributed by atoms with Crippen LogP contribution in [0.4, 0.5) is 5.69 Å². The fourth-order valence-corrected chi connectivity index (χ4v) is 2.50. The molecule has 0 radical (unpaired) electrons. The minimum atomic E-state index is -0.937. The van der Waals surface area contributed by atoms with Gasteiger partial charge < -0.3 is 10.1 Å². The number of halogens is 1. The minimum Gasteiger partial charge on any atom is -0.452 e. The molecule has 7 nitrogen and oxygen atoms in total. The molecule has 2 aromatic rings. The van der Waals surface area contributed by atoms with Crippen LogP contribution in [-0.4, -0.2) is 23.4 Å². The number of ether oxygens (including phenoxy) is 1. The number of rotatable bonds is 6. The van der Waals surface area contributed by atoms with Crippen molar-refractivity contribution in [3.63, 3.8) is 0 Å². The third kappa shape index (κ3) is 4.77. The first-order valence-electron chi connectivity index (χ1n) is 7.34. The molecule has 0 aromatic heterocycles. The molecule has 0 saturated heterocycles. The molecule has 130 valence electrons. The SMILES string of the molecule is C[C@@H](NC(=O)COC(=O)c1ccccc1[N+](=O)[O-])c1ccccc1Cl. The minimum absolute atomic E-state index is 0.209. The van der Waals surface area contributed by atoms with Gasteiger partial charge in [-0.3, -0.25) is 14.9 Å². The molecule has 0 unspecified atom stereocenters. The number of nitrogens with one attached hydrogen (secondary N) is 1. The highest BCUT2D eigenvalue weighted by Gasteiger charge is 2.21. The van der Waals surface area contributed by atoms with Gasteiger partial charge in [0, 0.05) is 11.1 Å². The summed E-state index contributed by atoms with van der Waals surface area (Å²) in [4.78, 5) is 34.1. The summed E-state index contributed by atoms with van der Waals surface area (Å²) >= 11 is 6.06. The lowest BCUT2D eigenvalue weighted by Gasteiger charge is -2.15. The molecule has 0 saturated carbocycles. The number of hydrogen-bond acceptors (Lipinski definition) is 5. The van der Waals surface area contributed by atoms with Crippen LogP contribution in [0.25, 0.3) is 0 Å². The quantitative estimate of drug-likeness (QED) is 0.483. The number of carbonyl (C=O) groups excluding carboxylic acids is 2. The van der Waals surface area contributed by atoms with Crippen molar-refractivity contribution in [1.29, 1.82) is 0 Å². The molecule has 1 N–H and O–H groups in total. The van der Waals surface area contributed by atoms with Crippen LogP contribution < -0.4 is 5.32 Å². The van der Waals surface area contributed by atoms with Crippen LogP contribution in [0.3, 0.4) is 0 Å². The highest BCUT2D eigenvalue weighted by atomic mass is 35.5. The molecule has 0 spiro atoms. The molecule has 25 heavy (non-hydrogen) atoms. The molecule has 0 heterocycles. The smallest absolute Gasteiger partial charge is 0.345 e. The zero-order valence-corrected chi connectivity index (χ0v) is 14.0. The van der Waals surface area contributed by atoms with Gasteiger partial charge in [0.1, 0.15) is 5.56 Å². The first kappa shape index (κ1) is 18.4. The van der Waals surface area contributed by atoms with Crippen LogP contribution in [-0.2, 0) is 9.53 Å². The van der Waals surface area contributed by atoms with Gasteiger partial charge >= 0.3 is 5.97 Å². The zero-order chi connectivity index (χ0) is 18.4. The van der Waals surface area contributed by atoms with Crippen molar-refractivity contribution in [3.05, 3.63) is 74.8 Å². The van der Waals surface area contributed by atoms with Gasteiger partial charge in [0.05, 0.1) is 11.0 Å². The molecule has 0 aliphatic heterocycles. The monoisotopic (exact) mass is 362 g/mol. The first-order valence-corrected chi connectivity index (χ1v) is 7.72. The molecule has 1 amide bonds. The Balaban J connectivity index is 1.95. The van der Waals surface area contributed by atoms with E-state index in [1.165, 1.54) is 24.3 Å². The molecule has 0 aliphatic carbocycles. The van der Waals surface area contributed by atoms with Gasteiger partial charge in [-0.1, -0.05) is 41.9 Å². The van der Waals surface area contributed by atoms with E-state index in [2.05, 4.69) is 5.32 Å². The third-order valence-electron chi connectivity index (χ3n) is 3.40. The van der Waals surface area contributed by atoms with Crippen LogP contribution in [0, 0.1) is 10.1 Å². The molecule has 0 bridgehead atoms. The Hall–Kier alpha value is -2.93. The third-order valence-corrected chi connectivity index (χ3v) is 3.75. The maximum absolute atomic E-state index is 12.0. The van der Waals surface area contributed by atoms with E-state index >= 15 is 0 Å². The molecular formula is C17H15ClN2O5. The second kappa shape index (κ2) is 8.25. The molecule has 2 aromatic carbocycles. The Kier molecular flexibility index (Phi) is 6.08. The van der Waals surface area contributed by atoms with Gasteiger partial charge in [-0.15, -0.1) is 0 Å². The van der Waals surface area contributed by atoms with Crippen molar-refractivity contribution >= 4 is 29.2 Å². The van der Waals surface area contributed by atoms with Gasteiger partial charge in [0.15, 0.2) is 6.61 Å². The topological polar surface area (TPSA) is 98.5 Å². The molecule has 0 aliphatic rings. The first-order chi connectivity index (χ1) is 11.9. The van der Waals surface area contributed by atoms with Gasteiger partial charge in [0.25, 0.3) is 11.6 Å². The lowest BCUT2D eigenvalue weighted by Crippen LogP contribution is -2.31. The second-order valence-corrected chi connectivity index (χ2v) is 5.57. The number of nitrogens with zero attached hydrogens (tertiary/aromatic N) is 1. The predicted octanol–water partition coefficient (Wildman–Crippen LogP) is 3.28. The average Bonchev–Trinajstić information content (AvgIpc) is 2.59. The summed E-state index contributed by atoms with van der Waals surface area (Å²) in [7, 11) is 0. The van der Waals surface area contributed by atoms with Crippen LogP contribution in [0.2, 0.25) is 5.02 Å². The van der Waals surface area contributed by atoms with Crippen molar-refractivity contribution in [2.45, 2.75) is 13.0 Å². The summed E-state index contributed by atoms with van der Waals surface area (Å²) in [6, 6.07) is 12.0. The summed E-state index contributed by atoms with van der Waals surface area (Å²) in [6.45, 7) is 1.18. The number of nitro benzene ring substituents is 1. The fraction of sp³-hybridized carbons (Fsp3) is 0.176. The van der Waals surface area contributed by atoms with Gasteiger partial charge in [-0.25, -0.2) is 4.79 Å². The maximum Gasteiger partial charge on any atom is 0.345 e. The predicted molar refractivity (Wildman–Crippen MR) is 91.4 cm³/mol. The van der Waals surface area contributed by atoms with Crippen LogP contribution >= 0.6 is 11.6 Å². The van der Waals surface area contributed by atoms with E-state index in [9.17, 15) is 19.7 Å². The number of benzene rings is 2. The summed E-state index contributed by atoms with van der Waals surface area (Å²) in [5.74, 6) is -1.48. The Morgan fingerprint density at radius 2 is 1.84 bits per heavy atom. The van der Waals surface area contributed by atoms with Crippen LogP contribution in [0.1, 0.15) is 28.9 Å². The van der Waals surface area contributed by atoms with E-state index < -0.39 is 23.4 Å². The molecule has 2 rings (SSSR count). The van der Waals surface area contributed by atoms with Crippen molar-refractivity contribution in [1.82, 2.24) is 5.32 Å². The molecule has 0 fully saturated rings. The Bertz CT molecular complexity index is 809. The standard InChI is InChI=1S/C17H15ClN2O5/c1-11(12-6-2-4-8-14(12)18)19-16(21)10-25-17(22)13-7-3-5-9-15(13)20(23)24/h2-9,11H,10H2,1H3,(H,19,21)/t11-/m1/s1. The number of nitro groups is 1. The van der Waals surface area contributed by atoms with E-state index in [1.807, 2.05) is 0 Å². The number of para-hydroxylation sites is 1. The lowest BCUT2D eigenvalue weighted by atomic mass is 10.1. The lowest BCUT2D eigenvalue weighted by molar-refractivity contribution is -0.385. The summed E-state index contributed by atoms with van der Waals surface area (Å²) in [5.41, 5.74) is 0.138. The van der Waals surface area contributed by atoms with E-state index in [0.29, 0.717) is 5.02 Å². The summed E-state index contributed by atoms with van der Waals surface area (Å²) in [6.07, 6.45) is 0. The van der Waals surface area contributed by atoms with E-state index in [-0.39, 0.29) is 17.3 Å². The number of carbonyl (C=O) groups is 2. The highest BCUT2D eigenvalue weighted by molar-refractivity contribution is 6.31. The van der Waals surface area contributed by atoms with Crippen molar-refractivity contribution in [3.8, 4) is 0 Å². The number of amides is 1. The zero-order valence-electron chi connectivity index (χ0n) is 13.3. The molecule has 8 heteroatoms. The Labute approximate surface area is 148 Å². The van der Waals surface area contributed by atoms with Gasteiger partial charge in [0.2, 0.25) is 0 Å². The van der Waals surface area contributed by atoms with E-state index in [4.69, 9.17) is 16.3 Å². The van der Waals surface area contributed by atoms with E-state index in [1.54, 1.807) is 31.2 Å². The fourth-order valence-electron chi connectivity index (χ4n) is 2.20. The van der Waals surface area contributed by atoms with Crippen molar-refractivity contribution in [2.75, 3.05) is 6.61 Å². The Morgan fingerprint density at radius 1 is 1.20 bits per heavy atom. The van der Waals surface area contributed by atoms with Gasteiger partial charge in [-0.2, -0.15) is 0 Å². The van der Waals surface area contributed by atoms with Crippen LogP contribution in [0.15, 0.2) is 48.5 Å². The second-order valence-electron chi connectivity index (χ2n) is 5.16. The van der Waals surface area contributed by atoms with Crippen LogP contribution in [0.5, 0.6) is 0 Å². The number of hydrogen-bond donors (Lipinski definition) is 1. The van der Waals surface area contributed by atoms with Crippen molar-refractivity contribution in [2.24, 2.45) is 0 Å². The largest absolute Gasteiger partial charge is 0.452 e. The van der Waals surface area contributed by atoms with E-state index in [0.717, 1.165) is 5.56 Å². The maximum atomic E-state index is 12.0.